The second-order valence-electron chi connectivity index (χ2n) is 4.80. The van der Waals surface area contributed by atoms with Gasteiger partial charge in [0.25, 0.3) is 0 Å². The van der Waals surface area contributed by atoms with E-state index >= 15 is 0 Å². The molecule has 0 saturated carbocycles. The number of benzene rings is 2. The molecule has 1 aliphatic rings. The zero-order chi connectivity index (χ0) is 14.3. The summed E-state index contributed by atoms with van der Waals surface area (Å²) in [6.45, 7) is 0. The molecule has 1 heterocycles. The van der Waals surface area contributed by atoms with E-state index in [4.69, 9.17) is 10.5 Å². The Kier molecular flexibility index (Phi) is 3.48. The first-order chi connectivity index (χ1) is 9.54. The van der Waals surface area contributed by atoms with Crippen LogP contribution in [0.15, 0.2) is 40.9 Å². The summed E-state index contributed by atoms with van der Waals surface area (Å²) in [4.78, 5) is 0. The first-order valence-corrected chi connectivity index (χ1v) is 7.00. The molecule has 2 aromatic rings. The van der Waals surface area contributed by atoms with E-state index < -0.39 is 17.7 Å². The van der Waals surface area contributed by atoms with Crippen LogP contribution in [0.25, 0.3) is 0 Å². The highest BCUT2D eigenvalue weighted by molar-refractivity contribution is 9.10. The summed E-state index contributed by atoms with van der Waals surface area (Å²) in [6.07, 6.45) is -0.169. The normalized spacial score (nSPS) is 21.2. The third-order valence-electron chi connectivity index (χ3n) is 3.42. The lowest BCUT2D eigenvalue weighted by atomic mass is 9.93. The van der Waals surface area contributed by atoms with Gasteiger partial charge in [-0.2, -0.15) is 0 Å². The molecule has 0 aromatic heterocycles. The Morgan fingerprint density at radius 1 is 1.10 bits per heavy atom. The fraction of sp³-hybridized carbons (Fsp3) is 0.200. The van der Waals surface area contributed by atoms with Crippen molar-refractivity contribution in [2.24, 2.45) is 5.73 Å². The van der Waals surface area contributed by atoms with Crippen LogP contribution >= 0.6 is 15.9 Å². The quantitative estimate of drug-likeness (QED) is 0.842. The van der Waals surface area contributed by atoms with E-state index in [1.807, 2.05) is 12.1 Å². The summed E-state index contributed by atoms with van der Waals surface area (Å²) in [5.74, 6) is -0.368. The molecule has 2 aromatic carbocycles. The lowest BCUT2D eigenvalue weighted by Gasteiger charge is -2.30. The minimum Gasteiger partial charge on any atom is -0.485 e. The van der Waals surface area contributed by atoms with Crippen molar-refractivity contribution in [2.45, 2.75) is 18.6 Å². The standard InChI is InChI=1S/C15H12BrF2NO/c16-8-1-3-10-13(19)7-15(20-14(10)5-8)11-6-9(17)2-4-12(11)18/h1-6,13,15H,7,19H2/t13-,15?/m1/s1. The van der Waals surface area contributed by atoms with Crippen LogP contribution in [-0.2, 0) is 0 Å². The van der Waals surface area contributed by atoms with Crippen molar-refractivity contribution < 1.29 is 13.5 Å². The van der Waals surface area contributed by atoms with Gasteiger partial charge in [-0.05, 0) is 30.3 Å². The number of nitrogens with two attached hydrogens (primary N) is 1. The van der Waals surface area contributed by atoms with Crippen LogP contribution in [0.3, 0.4) is 0 Å². The van der Waals surface area contributed by atoms with Crippen molar-refractivity contribution in [3.8, 4) is 5.75 Å². The molecule has 0 fully saturated rings. The Balaban J connectivity index is 2.00. The molecule has 3 rings (SSSR count). The minimum atomic E-state index is -0.581. The Morgan fingerprint density at radius 3 is 2.70 bits per heavy atom. The molecule has 0 radical (unpaired) electrons. The van der Waals surface area contributed by atoms with Gasteiger partial charge in [0.05, 0.1) is 0 Å². The van der Waals surface area contributed by atoms with Crippen molar-refractivity contribution in [3.63, 3.8) is 0 Å². The van der Waals surface area contributed by atoms with Gasteiger partial charge in [-0.3, -0.25) is 0 Å². The maximum Gasteiger partial charge on any atom is 0.130 e. The van der Waals surface area contributed by atoms with Crippen LogP contribution in [-0.4, -0.2) is 0 Å². The van der Waals surface area contributed by atoms with Gasteiger partial charge < -0.3 is 10.5 Å². The van der Waals surface area contributed by atoms with Crippen LogP contribution in [0.5, 0.6) is 5.75 Å². The van der Waals surface area contributed by atoms with Crippen molar-refractivity contribution in [1.29, 1.82) is 0 Å². The molecule has 2 atom stereocenters. The lowest BCUT2D eigenvalue weighted by molar-refractivity contribution is 0.157. The molecule has 0 bridgehead atoms. The lowest BCUT2D eigenvalue weighted by Crippen LogP contribution is -2.24. The number of halogens is 3. The fourth-order valence-electron chi connectivity index (χ4n) is 2.43. The van der Waals surface area contributed by atoms with Gasteiger partial charge >= 0.3 is 0 Å². The van der Waals surface area contributed by atoms with Crippen LogP contribution in [0.1, 0.15) is 29.7 Å². The molecule has 1 aliphatic heterocycles. The average Bonchev–Trinajstić information content (AvgIpc) is 2.41. The maximum atomic E-state index is 13.8. The molecule has 0 amide bonds. The Morgan fingerprint density at radius 2 is 1.90 bits per heavy atom. The molecule has 0 spiro atoms. The molecule has 1 unspecified atom stereocenters. The number of rotatable bonds is 1. The van der Waals surface area contributed by atoms with Crippen molar-refractivity contribution in [1.82, 2.24) is 0 Å². The Labute approximate surface area is 123 Å². The monoisotopic (exact) mass is 339 g/mol. The minimum absolute atomic E-state index is 0.200. The number of hydrogen-bond acceptors (Lipinski definition) is 2. The average molecular weight is 340 g/mol. The highest BCUT2D eigenvalue weighted by Gasteiger charge is 2.29. The van der Waals surface area contributed by atoms with Crippen molar-refractivity contribution >= 4 is 15.9 Å². The van der Waals surface area contributed by atoms with Crippen LogP contribution in [0.2, 0.25) is 0 Å². The highest BCUT2D eigenvalue weighted by Crippen LogP contribution is 2.41. The summed E-state index contributed by atoms with van der Waals surface area (Å²) < 4.78 is 33.8. The van der Waals surface area contributed by atoms with Crippen LogP contribution in [0, 0.1) is 11.6 Å². The molecule has 0 aliphatic carbocycles. The number of hydrogen-bond donors (Lipinski definition) is 1. The van der Waals surface area contributed by atoms with Crippen molar-refractivity contribution in [3.05, 3.63) is 63.6 Å². The third kappa shape index (κ3) is 2.43. The summed E-state index contributed by atoms with van der Waals surface area (Å²) >= 11 is 3.36. The van der Waals surface area contributed by atoms with E-state index in [1.54, 1.807) is 6.07 Å². The molecule has 2 nitrogen and oxygen atoms in total. The van der Waals surface area contributed by atoms with E-state index in [0.717, 1.165) is 28.2 Å². The second-order valence-corrected chi connectivity index (χ2v) is 5.71. The zero-order valence-electron chi connectivity index (χ0n) is 10.4. The smallest absolute Gasteiger partial charge is 0.130 e. The van der Waals surface area contributed by atoms with Crippen LogP contribution < -0.4 is 10.5 Å². The van der Waals surface area contributed by atoms with Crippen LogP contribution in [0.4, 0.5) is 8.78 Å². The summed E-state index contributed by atoms with van der Waals surface area (Å²) in [5.41, 5.74) is 7.18. The second kappa shape index (κ2) is 5.14. The van der Waals surface area contributed by atoms with E-state index in [9.17, 15) is 8.78 Å². The molecule has 0 saturated heterocycles. The third-order valence-corrected chi connectivity index (χ3v) is 3.91. The fourth-order valence-corrected chi connectivity index (χ4v) is 2.77. The van der Waals surface area contributed by atoms with Gasteiger partial charge in [0.1, 0.15) is 23.5 Å². The van der Waals surface area contributed by atoms with Crippen molar-refractivity contribution in [2.75, 3.05) is 0 Å². The van der Waals surface area contributed by atoms with E-state index in [-0.39, 0.29) is 11.6 Å². The molecular weight excluding hydrogens is 328 g/mol. The first kappa shape index (κ1) is 13.5. The van der Waals surface area contributed by atoms with E-state index in [2.05, 4.69) is 15.9 Å². The number of fused-ring (bicyclic) bond motifs is 1. The van der Waals surface area contributed by atoms with Gasteiger partial charge in [0.2, 0.25) is 0 Å². The maximum absolute atomic E-state index is 13.8. The molecule has 104 valence electrons. The number of ether oxygens (including phenoxy) is 1. The molecule has 5 heteroatoms. The van der Waals surface area contributed by atoms with Gasteiger partial charge in [0, 0.05) is 28.1 Å². The highest BCUT2D eigenvalue weighted by atomic mass is 79.9. The summed E-state index contributed by atoms with van der Waals surface area (Å²) in [5, 5.41) is 0. The van der Waals surface area contributed by atoms with Gasteiger partial charge in [-0.15, -0.1) is 0 Å². The zero-order valence-corrected chi connectivity index (χ0v) is 12.0. The molecule has 2 N–H and O–H groups in total. The van der Waals surface area contributed by atoms with E-state index in [0.29, 0.717) is 12.2 Å². The Bertz CT molecular complexity index is 662. The largest absolute Gasteiger partial charge is 0.485 e. The van der Waals surface area contributed by atoms with E-state index in [1.165, 1.54) is 0 Å². The molecule has 20 heavy (non-hydrogen) atoms. The Hall–Kier alpha value is -1.46. The first-order valence-electron chi connectivity index (χ1n) is 6.21. The topological polar surface area (TPSA) is 35.2 Å². The molecular formula is C15H12BrF2NO. The summed E-state index contributed by atoms with van der Waals surface area (Å²) in [6, 6.07) is 8.64. The predicted molar refractivity (Wildman–Crippen MR) is 75.4 cm³/mol. The predicted octanol–water partition coefficient (Wildman–Crippen LogP) is 4.25. The SMILES string of the molecule is N[C@@H]1CC(c2cc(F)ccc2F)Oc2cc(Br)ccc21. The van der Waals surface area contributed by atoms with Gasteiger partial charge in [0.15, 0.2) is 0 Å². The summed E-state index contributed by atoms with van der Waals surface area (Å²) in [7, 11) is 0. The van der Waals surface area contributed by atoms with Gasteiger partial charge in [-0.1, -0.05) is 22.0 Å². The van der Waals surface area contributed by atoms with Gasteiger partial charge in [-0.25, -0.2) is 8.78 Å².